The van der Waals surface area contributed by atoms with Gasteiger partial charge in [0, 0.05) is 6.54 Å². The van der Waals surface area contributed by atoms with Gasteiger partial charge in [-0.05, 0) is 19.8 Å². The van der Waals surface area contributed by atoms with Gasteiger partial charge in [-0.3, -0.25) is 0 Å². The first-order chi connectivity index (χ1) is 5.13. The molecule has 0 aromatic rings. The van der Waals surface area contributed by atoms with Crippen molar-refractivity contribution in [3.05, 3.63) is 0 Å². The molecule has 1 saturated heterocycles. The lowest BCUT2D eigenvalue weighted by Gasteiger charge is -2.34. The van der Waals surface area contributed by atoms with E-state index in [0.29, 0.717) is 13.0 Å². The summed E-state index contributed by atoms with van der Waals surface area (Å²) in [7, 11) is 0. The van der Waals surface area contributed by atoms with Gasteiger partial charge < -0.3 is 15.1 Å². The van der Waals surface area contributed by atoms with E-state index < -0.39 is 12.2 Å². The molecule has 0 aromatic heterocycles. The zero-order valence-corrected chi connectivity index (χ0v) is 6.53. The standard InChI is InChI=1S/C7H13NO3/c1-5-6(9)3-2-4-8(5)7(10)11/h5-6,9H,2-4H2,1H3,(H,10,11). The summed E-state index contributed by atoms with van der Waals surface area (Å²) in [6, 6.07) is -0.249. The molecule has 0 aromatic carbocycles. The van der Waals surface area contributed by atoms with Crippen molar-refractivity contribution in [3.8, 4) is 0 Å². The average Bonchev–Trinajstić information content (AvgIpc) is 1.94. The number of hydrogen-bond acceptors (Lipinski definition) is 2. The predicted molar refractivity (Wildman–Crippen MR) is 39.4 cm³/mol. The minimum absolute atomic E-state index is 0.249. The molecule has 4 heteroatoms. The maximum Gasteiger partial charge on any atom is 0.407 e. The Hall–Kier alpha value is -0.770. The van der Waals surface area contributed by atoms with Crippen LogP contribution in [0.4, 0.5) is 4.79 Å². The van der Waals surface area contributed by atoms with E-state index in [4.69, 9.17) is 5.11 Å². The molecule has 0 saturated carbocycles. The van der Waals surface area contributed by atoms with Crippen LogP contribution >= 0.6 is 0 Å². The quantitative estimate of drug-likeness (QED) is 0.541. The average molecular weight is 159 g/mol. The normalized spacial score (nSPS) is 32.0. The van der Waals surface area contributed by atoms with Crippen molar-refractivity contribution >= 4 is 6.09 Å². The van der Waals surface area contributed by atoms with E-state index >= 15 is 0 Å². The van der Waals surface area contributed by atoms with E-state index in [1.165, 1.54) is 4.90 Å². The Morgan fingerprint density at radius 3 is 2.73 bits per heavy atom. The molecule has 0 radical (unpaired) electrons. The lowest BCUT2D eigenvalue weighted by molar-refractivity contribution is 0.0242. The second-order valence-electron chi connectivity index (χ2n) is 2.93. The summed E-state index contributed by atoms with van der Waals surface area (Å²) in [4.78, 5) is 11.8. The lowest BCUT2D eigenvalue weighted by Crippen LogP contribution is -2.48. The van der Waals surface area contributed by atoms with Crippen molar-refractivity contribution in [2.45, 2.75) is 31.9 Å². The van der Waals surface area contributed by atoms with Crippen LogP contribution in [0.5, 0.6) is 0 Å². The zero-order valence-electron chi connectivity index (χ0n) is 6.53. The van der Waals surface area contributed by atoms with Gasteiger partial charge in [-0.15, -0.1) is 0 Å². The first-order valence-corrected chi connectivity index (χ1v) is 3.80. The number of hydrogen-bond donors (Lipinski definition) is 2. The molecule has 2 atom stereocenters. The predicted octanol–water partition coefficient (Wildman–Crippen LogP) is 0.510. The smallest absolute Gasteiger partial charge is 0.407 e. The van der Waals surface area contributed by atoms with Gasteiger partial charge in [-0.1, -0.05) is 0 Å². The fraction of sp³-hybridized carbons (Fsp3) is 0.857. The van der Waals surface area contributed by atoms with Gasteiger partial charge in [0.25, 0.3) is 0 Å². The Bertz CT molecular complexity index is 160. The highest BCUT2D eigenvalue weighted by Gasteiger charge is 2.29. The van der Waals surface area contributed by atoms with Gasteiger partial charge in [0.2, 0.25) is 0 Å². The molecule has 4 nitrogen and oxygen atoms in total. The van der Waals surface area contributed by atoms with Crippen LogP contribution in [0.1, 0.15) is 19.8 Å². The SMILES string of the molecule is CC1C(O)CCCN1C(=O)O. The zero-order chi connectivity index (χ0) is 8.43. The second-order valence-corrected chi connectivity index (χ2v) is 2.93. The number of nitrogens with zero attached hydrogens (tertiary/aromatic N) is 1. The van der Waals surface area contributed by atoms with Crippen molar-refractivity contribution in [1.29, 1.82) is 0 Å². The molecule has 1 aliphatic rings. The Balaban J connectivity index is 2.58. The highest BCUT2D eigenvalue weighted by atomic mass is 16.4. The van der Waals surface area contributed by atoms with Crippen LogP contribution in [-0.4, -0.2) is 39.9 Å². The molecule has 1 aliphatic heterocycles. The number of carboxylic acid groups (broad SMARTS) is 1. The van der Waals surface area contributed by atoms with Crippen LogP contribution in [-0.2, 0) is 0 Å². The maximum absolute atomic E-state index is 10.5. The summed E-state index contributed by atoms with van der Waals surface area (Å²) in [5, 5.41) is 17.9. The lowest BCUT2D eigenvalue weighted by atomic mass is 10.0. The molecule has 1 heterocycles. The number of amides is 1. The summed E-state index contributed by atoms with van der Waals surface area (Å²) in [6.07, 6.45) is 0.0547. The van der Waals surface area contributed by atoms with E-state index in [2.05, 4.69) is 0 Å². The Labute approximate surface area is 65.4 Å². The highest BCUT2D eigenvalue weighted by molar-refractivity contribution is 5.65. The molecule has 0 spiro atoms. The third-order valence-corrected chi connectivity index (χ3v) is 2.19. The molecule has 11 heavy (non-hydrogen) atoms. The van der Waals surface area contributed by atoms with Gasteiger partial charge in [-0.25, -0.2) is 4.79 Å². The minimum atomic E-state index is -0.934. The van der Waals surface area contributed by atoms with Crippen LogP contribution in [0.25, 0.3) is 0 Å². The minimum Gasteiger partial charge on any atom is -0.465 e. The molecule has 0 aliphatic carbocycles. The van der Waals surface area contributed by atoms with Gasteiger partial charge in [-0.2, -0.15) is 0 Å². The Kier molecular flexibility index (Phi) is 2.34. The van der Waals surface area contributed by atoms with E-state index in [-0.39, 0.29) is 6.04 Å². The van der Waals surface area contributed by atoms with Crippen LogP contribution in [0.2, 0.25) is 0 Å². The van der Waals surface area contributed by atoms with Gasteiger partial charge in [0.1, 0.15) is 0 Å². The van der Waals surface area contributed by atoms with Crippen LogP contribution in [0.3, 0.4) is 0 Å². The van der Waals surface area contributed by atoms with Crippen LogP contribution < -0.4 is 0 Å². The summed E-state index contributed by atoms with van der Waals surface area (Å²) >= 11 is 0. The van der Waals surface area contributed by atoms with Crippen molar-refractivity contribution < 1.29 is 15.0 Å². The largest absolute Gasteiger partial charge is 0.465 e. The van der Waals surface area contributed by atoms with Gasteiger partial charge in [0.05, 0.1) is 12.1 Å². The number of aliphatic hydroxyl groups is 1. The molecule has 0 bridgehead atoms. The fourth-order valence-electron chi connectivity index (χ4n) is 1.39. The monoisotopic (exact) mass is 159 g/mol. The highest BCUT2D eigenvalue weighted by Crippen LogP contribution is 2.16. The van der Waals surface area contributed by atoms with Crippen molar-refractivity contribution in [2.24, 2.45) is 0 Å². The molecule has 1 rings (SSSR count). The fourth-order valence-corrected chi connectivity index (χ4v) is 1.39. The third kappa shape index (κ3) is 1.63. The van der Waals surface area contributed by atoms with Crippen LogP contribution in [0.15, 0.2) is 0 Å². The molecular weight excluding hydrogens is 146 g/mol. The number of aliphatic hydroxyl groups excluding tert-OH is 1. The molecule has 1 fully saturated rings. The van der Waals surface area contributed by atoms with Crippen molar-refractivity contribution in [3.63, 3.8) is 0 Å². The summed E-state index contributed by atoms with van der Waals surface area (Å²) < 4.78 is 0. The number of piperidine rings is 1. The molecular formula is C7H13NO3. The molecule has 64 valence electrons. The molecule has 2 N–H and O–H groups in total. The number of rotatable bonds is 0. The summed E-state index contributed by atoms with van der Waals surface area (Å²) in [5.74, 6) is 0. The van der Waals surface area contributed by atoms with Crippen molar-refractivity contribution in [1.82, 2.24) is 4.90 Å². The first kappa shape index (κ1) is 8.33. The molecule has 1 amide bonds. The first-order valence-electron chi connectivity index (χ1n) is 3.80. The van der Waals surface area contributed by atoms with Crippen LogP contribution in [0, 0.1) is 0 Å². The Morgan fingerprint density at radius 2 is 2.27 bits per heavy atom. The van der Waals surface area contributed by atoms with Crippen molar-refractivity contribution in [2.75, 3.05) is 6.54 Å². The summed E-state index contributed by atoms with van der Waals surface area (Å²) in [6.45, 7) is 2.28. The number of likely N-dealkylation sites (tertiary alicyclic amines) is 1. The molecule has 2 unspecified atom stereocenters. The third-order valence-electron chi connectivity index (χ3n) is 2.19. The Morgan fingerprint density at radius 1 is 1.64 bits per heavy atom. The van der Waals surface area contributed by atoms with E-state index in [1.54, 1.807) is 6.92 Å². The summed E-state index contributed by atoms with van der Waals surface area (Å²) in [5.41, 5.74) is 0. The topological polar surface area (TPSA) is 60.8 Å². The van der Waals surface area contributed by atoms with Gasteiger partial charge in [0.15, 0.2) is 0 Å². The van der Waals surface area contributed by atoms with Gasteiger partial charge >= 0.3 is 6.09 Å². The second kappa shape index (κ2) is 3.09. The van der Waals surface area contributed by atoms with E-state index in [1.807, 2.05) is 0 Å². The number of carbonyl (C=O) groups is 1. The van der Waals surface area contributed by atoms with E-state index in [0.717, 1.165) is 6.42 Å². The maximum atomic E-state index is 10.5. The van der Waals surface area contributed by atoms with E-state index in [9.17, 15) is 9.90 Å².